The first-order valence-corrected chi connectivity index (χ1v) is 10.6. The summed E-state index contributed by atoms with van der Waals surface area (Å²) in [5, 5.41) is 4.00. The smallest absolute Gasteiger partial charge is 0.271 e. The van der Waals surface area contributed by atoms with E-state index in [1.54, 1.807) is 54.6 Å². The molecule has 0 fully saturated rings. The van der Waals surface area contributed by atoms with Crippen LogP contribution in [0.2, 0.25) is 0 Å². The summed E-state index contributed by atoms with van der Waals surface area (Å²) in [7, 11) is 1.51. The maximum atomic E-state index is 13.7. The van der Waals surface area contributed by atoms with Crippen LogP contribution in [0.1, 0.15) is 28.4 Å². The van der Waals surface area contributed by atoms with Crippen molar-refractivity contribution in [2.75, 3.05) is 13.7 Å². The highest BCUT2D eigenvalue weighted by Gasteiger charge is 2.11. The third kappa shape index (κ3) is 6.07. The molecule has 0 spiro atoms. The minimum atomic E-state index is -0.383. The van der Waals surface area contributed by atoms with Crippen molar-refractivity contribution in [1.29, 1.82) is 0 Å². The molecule has 8 heteroatoms. The summed E-state index contributed by atoms with van der Waals surface area (Å²) in [5.74, 6) is 0.909. The molecule has 0 aliphatic carbocycles. The second-order valence-electron chi connectivity index (χ2n) is 6.57. The van der Waals surface area contributed by atoms with Gasteiger partial charge in [-0.2, -0.15) is 5.10 Å². The number of carbonyl (C=O) groups is 1. The molecule has 166 valence electrons. The van der Waals surface area contributed by atoms with Gasteiger partial charge < -0.3 is 14.2 Å². The summed E-state index contributed by atoms with van der Waals surface area (Å²) in [6.07, 6.45) is 1.51. The fourth-order valence-electron chi connectivity index (χ4n) is 2.80. The molecule has 0 bridgehead atoms. The molecule has 3 aromatic rings. The Labute approximate surface area is 194 Å². The van der Waals surface area contributed by atoms with E-state index in [2.05, 4.69) is 26.5 Å². The van der Waals surface area contributed by atoms with Crippen molar-refractivity contribution in [1.82, 2.24) is 5.43 Å². The topological polar surface area (TPSA) is 69.2 Å². The van der Waals surface area contributed by atoms with E-state index in [9.17, 15) is 9.18 Å². The van der Waals surface area contributed by atoms with E-state index in [4.69, 9.17) is 14.2 Å². The first kappa shape index (κ1) is 23.3. The molecular formula is C24H22BrFN2O4. The SMILES string of the molecule is CCOc1ccc(C(=O)N/N=C/c2ccc(OCc3ccccc3F)c(Br)c2)cc1OC. The van der Waals surface area contributed by atoms with Gasteiger partial charge in [0.05, 0.1) is 24.4 Å². The van der Waals surface area contributed by atoms with Crippen LogP contribution in [-0.4, -0.2) is 25.8 Å². The predicted molar refractivity (Wildman–Crippen MR) is 124 cm³/mol. The second kappa shape index (κ2) is 11.3. The number of carbonyl (C=O) groups excluding carboxylic acids is 1. The quantitative estimate of drug-likeness (QED) is 0.318. The van der Waals surface area contributed by atoms with Crippen LogP contribution in [0.4, 0.5) is 4.39 Å². The largest absolute Gasteiger partial charge is 0.493 e. The first-order valence-electron chi connectivity index (χ1n) is 9.81. The van der Waals surface area contributed by atoms with Crippen molar-refractivity contribution in [3.05, 3.63) is 87.6 Å². The number of rotatable bonds is 9. The number of nitrogens with one attached hydrogen (secondary N) is 1. The lowest BCUT2D eigenvalue weighted by Gasteiger charge is -2.10. The monoisotopic (exact) mass is 500 g/mol. The summed E-state index contributed by atoms with van der Waals surface area (Å²) in [4.78, 5) is 12.4. The minimum Gasteiger partial charge on any atom is -0.493 e. The van der Waals surface area contributed by atoms with Gasteiger partial charge in [0.2, 0.25) is 0 Å². The third-order valence-corrected chi connectivity index (χ3v) is 5.02. The minimum absolute atomic E-state index is 0.111. The molecule has 0 radical (unpaired) electrons. The maximum absolute atomic E-state index is 13.7. The van der Waals surface area contributed by atoms with Gasteiger partial charge in [0.1, 0.15) is 18.2 Å². The molecule has 6 nitrogen and oxygen atoms in total. The van der Waals surface area contributed by atoms with Gasteiger partial charge in [0, 0.05) is 11.1 Å². The van der Waals surface area contributed by atoms with E-state index >= 15 is 0 Å². The van der Waals surface area contributed by atoms with Crippen LogP contribution in [0, 0.1) is 5.82 Å². The summed E-state index contributed by atoms with van der Waals surface area (Å²) < 4.78 is 30.8. The number of hydrazone groups is 1. The molecule has 1 N–H and O–H groups in total. The molecule has 1 amide bonds. The number of hydrogen-bond acceptors (Lipinski definition) is 5. The van der Waals surface area contributed by atoms with Crippen LogP contribution in [0.3, 0.4) is 0 Å². The number of amides is 1. The van der Waals surface area contributed by atoms with Gasteiger partial charge >= 0.3 is 0 Å². The van der Waals surface area contributed by atoms with Gasteiger partial charge in [-0.25, -0.2) is 9.82 Å². The summed E-state index contributed by atoms with van der Waals surface area (Å²) >= 11 is 3.44. The zero-order valence-corrected chi connectivity index (χ0v) is 19.2. The third-order valence-electron chi connectivity index (χ3n) is 4.40. The molecule has 32 heavy (non-hydrogen) atoms. The highest BCUT2D eigenvalue weighted by atomic mass is 79.9. The van der Waals surface area contributed by atoms with Crippen LogP contribution in [-0.2, 0) is 6.61 Å². The standard InChI is InChI=1S/C24H22BrFN2O4/c1-3-31-22-11-9-17(13-23(22)30-2)24(29)28-27-14-16-8-10-21(19(25)12-16)32-15-18-6-4-5-7-20(18)26/h4-14H,3,15H2,1-2H3,(H,28,29)/b27-14+. The lowest BCUT2D eigenvalue weighted by atomic mass is 10.2. The van der Waals surface area contributed by atoms with Gasteiger partial charge in [-0.05, 0) is 70.9 Å². The van der Waals surface area contributed by atoms with E-state index in [0.29, 0.717) is 39.5 Å². The van der Waals surface area contributed by atoms with Crippen molar-refractivity contribution in [3.63, 3.8) is 0 Å². The summed E-state index contributed by atoms with van der Waals surface area (Å²) in [6.45, 7) is 2.48. The average molecular weight is 501 g/mol. The summed E-state index contributed by atoms with van der Waals surface area (Å²) in [5.41, 5.74) is 4.08. The van der Waals surface area contributed by atoms with Crippen molar-refractivity contribution < 1.29 is 23.4 Å². The van der Waals surface area contributed by atoms with Gasteiger partial charge in [-0.3, -0.25) is 4.79 Å². The van der Waals surface area contributed by atoms with Crippen molar-refractivity contribution in [3.8, 4) is 17.2 Å². The molecule has 0 aliphatic heterocycles. The van der Waals surface area contributed by atoms with Gasteiger partial charge in [-0.1, -0.05) is 18.2 Å². The van der Waals surface area contributed by atoms with Crippen molar-refractivity contribution >= 4 is 28.1 Å². The molecule has 0 saturated carbocycles. The number of halogens is 2. The summed E-state index contributed by atoms with van der Waals surface area (Å²) in [6, 6.07) is 16.7. The lowest BCUT2D eigenvalue weighted by molar-refractivity contribution is 0.0954. The van der Waals surface area contributed by atoms with Crippen LogP contribution in [0.25, 0.3) is 0 Å². The lowest BCUT2D eigenvalue weighted by Crippen LogP contribution is -2.17. The van der Waals surface area contributed by atoms with Gasteiger partial charge in [0.25, 0.3) is 5.91 Å². The fraction of sp³-hybridized carbons (Fsp3) is 0.167. The average Bonchev–Trinajstić information content (AvgIpc) is 2.80. The van der Waals surface area contributed by atoms with Gasteiger partial charge in [-0.15, -0.1) is 0 Å². The predicted octanol–water partition coefficient (Wildman–Crippen LogP) is 5.34. The van der Waals surface area contributed by atoms with E-state index in [0.717, 1.165) is 5.56 Å². The van der Waals surface area contributed by atoms with Crippen molar-refractivity contribution in [2.45, 2.75) is 13.5 Å². The van der Waals surface area contributed by atoms with Gasteiger partial charge in [0.15, 0.2) is 11.5 Å². The highest BCUT2D eigenvalue weighted by molar-refractivity contribution is 9.10. The fourth-order valence-corrected chi connectivity index (χ4v) is 3.31. The molecule has 3 rings (SSSR count). The highest BCUT2D eigenvalue weighted by Crippen LogP contribution is 2.28. The van der Waals surface area contributed by atoms with Crippen LogP contribution < -0.4 is 19.6 Å². The Morgan fingerprint density at radius 3 is 2.56 bits per heavy atom. The Balaban J connectivity index is 1.60. The van der Waals surface area contributed by atoms with Crippen LogP contribution in [0.5, 0.6) is 17.2 Å². The van der Waals surface area contributed by atoms with Crippen LogP contribution in [0.15, 0.2) is 70.2 Å². The number of ether oxygens (including phenoxy) is 3. The Morgan fingerprint density at radius 1 is 1.06 bits per heavy atom. The molecule has 0 aliphatic rings. The molecule has 0 unspecified atom stereocenters. The molecule has 0 atom stereocenters. The van der Waals surface area contributed by atoms with E-state index in [1.807, 2.05) is 6.92 Å². The van der Waals surface area contributed by atoms with E-state index in [1.165, 1.54) is 19.4 Å². The molecular weight excluding hydrogens is 479 g/mol. The molecule has 0 heterocycles. The number of nitrogens with zero attached hydrogens (tertiary/aromatic N) is 1. The Kier molecular flexibility index (Phi) is 8.21. The Morgan fingerprint density at radius 2 is 1.84 bits per heavy atom. The Bertz CT molecular complexity index is 1120. The zero-order chi connectivity index (χ0) is 22.9. The molecule has 3 aromatic carbocycles. The molecule has 0 saturated heterocycles. The first-order chi connectivity index (χ1) is 15.5. The van der Waals surface area contributed by atoms with Crippen molar-refractivity contribution in [2.24, 2.45) is 5.10 Å². The second-order valence-corrected chi connectivity index (χ2v) is 7.42. The number of methoxy groups -OCH3 is 1. The number of hydrogen-bond donors (Lipinski definition) is 1. The Hall–Kier alpha value is -3.39. The van der Waals surface area contributed by atoms with E-state index in [-0.39, 0.29) is 18.3 Å². The normalized spacial score (nSPS) is 10.8. The number of benzene rings is 3. The molecule has 0 aromatic heterocycles. The van der Waals surface area contributed by atoms with E-state index < -0.39 is 0 Å². The van der Waals surface area contributed by atoms with Crippen LogP contribution >= 0.6 is 15.9 Å². The zero-order valence-electron chi connectivity index (χ0n) is 17.6. The maximum Gasteiger partial charge on any atom is 0.271 e.